The number of halogens is 2. The molecule has 0 unspecified atom stereocenters. The Hall–Kier alpha value is -2.18. The van der Waals surface area contributed by atoms with Crippen molar-refractivity contribution < 1.29 is 4.74 Å². The van der Waals surface area contributed by atoms with Gasteiger partial charge < -0.3 is 4.74 Å². The van der Waals surface area contributed by atoms with Crippen molar-refractivity contribution in [1.82, 2.24) is 25.0 Å². The molecule has 22 heavy (non-hydrogen) atoms. The summed E-state index contributed by atoms with van der Waals surface area (Å²) in [6, 6.07) is 5.32. The molecule has 1 aromatic carbocycles. The lowest BCUT2D eigenvalue weighted by atomic mass is 10.1. The smallest absolute Gasteiger partial charge is 0.219 e. The highest BCUT2D eigenvalue weighted by Crippen LogP contribution is 2.29. The molecule has 2 aromatic heterocycles. The van der Waals surface area contributed by atoms with E-state index in [-0.39, 0.29) is 0 Å². The fourth-order valence-electron chi connectivity index (χ4n) is 2.01. The second-order valence-corrected chi connectivity index (χ2v) is 5.36. The Balaban J connectivity index is 2.19. The molecule has 0 N–H and O–H groups in total. The number of hydrogen-bond acceptors (Lipinski definition) is 5. The first-order valence-corrected chi connectivity index (χ1v) is 7.10. The van der Waals surface area contributed by atoms with E-state index in [1.54, 1.807) is 42.4 Å². The Morgan fingerprint density at radius 2 is 2.05 bits per heavy atom. The topological polar surface area (TPSA) is 65.7 Å². The highest BCUT2D eigenvalue weighted by Gasteiger charge is 2.14. The number of hydrogen-bond donors (Lipinski definition) is 0. The van der Waals surface area contributed by atoms with Crippen molar-refractivity contribution in [1.29, 1.82) is 0 Å². The Labute approximate surface area is 136 Å². The van der Waals surface area contributed by atoms with Gasteiger partial charge in [-0.05, 0) is 25.1 Å². The molecule has 0 aliphatic heterocycles. The van der Waals surface area contributed by atoms with Crippen LogP contribution in [0.25, 0.3) is 17.1 Å². The summed E-state index contributed by atoms with van der Waals surface area (Å²) in [5.74, 6) is 0.985. The van der Waals surface area contributed by atoms with Crippen LogP contribution in [0.1, 0.15) is 5.56 Å². The molecule has 0 atom stereocenters. The number of aromatic nitrogens is 5. The van der Waals surface area contributed by atoms with Crippen molar-refractivity contribution >= 4 is 23.2 Å². The summed E-state index contributed by atoms with van der Waals surface area (Å²) in [5, 5.41) is 8.60. The van der Waals surface area contributed by atoms with Gasteiger partial charge in [0.2, 0.25) is 5.88 Å². The largest absolute Gasteiger partial charge is 0.481 e. The van der Waals surface area contributed by atoms with Crippen LogP contribution in [0.3, 0.4) is 0 Å². The first kappa shape index (κ1) is 14.7. The molecular formula is C14H11Cl2N5O. The van der Waals surface area contributed by atoms with Gasteiger partial charge >= 0.3 is 0 Å². The van der Waals surface area contributed by atoms with E-state index in [1.807, 2.05) is 6.92 Å². The number of rotatable bonds is 3. The molecule has 8 heteroatoms. The van der Waals surface area contributed by atoms with Gasteiger partial charge in [0.1, 0.15) is 0 Å². The highest BCUT2D eigenvalue weighted by atomic mass is 35.5. The van der Waals surface area contributed by atoms with Gasteiger partial charge in [-0.1, -0.05) is 28.4 Å². The van der Waals surface area contributed by atoms with Gasteiger partial charge in [0.05, 0.1) is 19.0 Å². The van der Waals surface area contributed by atoms with E-state index < -0.39 is 0 Å². The van der Waals surface area contributed by atoms with E-state index in [9.17, 15) is 0 Å². The lowest BCUT2D eigenvalue weighted by Crippen LogP contribution is -2.02. The normalized spacial score (nSPS) is 10.7. The van der Waals surface area contributed by atoms with Crippen molar-refractivity contribution in [2.45, 2.75) is 6.92 Å². The first-order chi connectivity index (χ1) is 10.6. The zero-order valence-corrected chi connectivity index (χ0v) is 13.3. The number of nitrogens with zero attached hydrogens (tertiary/aromatic N) is 5. The molecule has 0 radical (unpaired) electrons. The number of methoxy groups -OCH3 is 1. The number of aryl methyl sites for hydroxylation is 1. The van der Waals surface area contributed by atoms with Gasteiger partial charge in [0, 0.05) is 22.3 Å². The monoisotopic (exact) mass is 335 g/mol. The Morgan fingerprint density at radius 3 is 2.73 bits per heavy atom. The van der Waals surface area contributed by atoms with E-state index in [1.165, 1.54) is 0 Å². The molecule has 3 aromatic rings. The van der Waals surface area contributed by atoms with E-state index >= 15 is 0 Å². The first-order valence-electron chi connectivity index (χ1n) is 6.34. The minimum Gasteiger partial charge on any atom is -0.481 e. The second kappa shape index (κ2) is 5.90. The summed E-state index contributed by atoms with van der Waals surface area (Å²) >= 11 is 11.9. The molecule has 3 rings (SSSR count). The summed E-state index contributed by atoms with van der Waals surface area (Å²) in [4.78, 5) is 8.76. The SMILES string of the molecule is COc1nc(-c2cc(Cl)ccc2-n2cc(Cl)nn2)ncc1C. The van der Waals surface area contributed by atoms with Crippen LogP contribution in [-0.2, 0) is 0 Å². The third-order valence-corrected chi connectivity index (χ3v) is 3.44. The van der Waals surface area contributed by atoms with E-state index in [0.29, 0.717) is 27.4 Å². The van der Waals surface area contributed by atoms with Crippen LogP contribution in [0.4, 0.5) is 0 Å². The molecule has 0 spiro atoms. The molecule has 0 saturated heterocycles. The average Bonchev–Trinajstić information content (AvgIpc) is 2.94. The van der Waals surface area contributed by atoms with Crippen LogP contribution in [-0.4, -0.2) is 32.1 Å². The standard InChI is InChI=1S/C14H11Cl2N5O/c1-8-6-17-13(18-14(8)22-2)10-5-9(15)3-4-11(10)21-7-12(16)19-20-21/h3-7H,1-2H3. The van der Waals surface area contributed by atoms with Gasteiger partial charge in [0.15, 0.2) is 11.0 Å². The fourth-order valence-corrected chi connectivity index (χ4v) is 2.31. The minimum atomic E-state index is 0.295. The minimum absolute atomic E-state index is 0.295. The van der Waals surface area contributed by atoms with Gasteiger partial charge in [0.25, 0.3) is 0 Å². The third kappa shape index (κ3) is 2.75. The molecule has 6 nitrogen and oxygen atoms in total. The summed E-state index contributed by atoms with van der Waals surface area (Å²) < 4.78 is 6.79. The molecule has 0 aliphatic rings. The maximum Gasteiger partial charge on any atom is 0.219 e. The van der Waals surface area contributed by atoms with Crippen LogP contribution in [0.2, 0.25) is 10.2 Å². The summed E-state index contributed by atoms with van der Waals surface area (Å²) in [5.41, 5.74) is 2.26. The summed E-state index contributed by atoms with van der Waals surface area (Å²) in [7, 11) is 1.56. The lowest BCUT2D eigenvalue weighted by molar-refractivity contribution is 0.394. The van der Waals surface area contributed by atoms with Crippen LogP contribution in [0.15, 0.2) is 30.6 Å². The highest BCUT2D eigenvalue weighted by molar-refractivity contribution is 6.31. The van der Waals surface area contributed by atoms with E-state index in [4.69, 9.17) is 27.9 Å². The molecule has 0 saturated carbocycles. The van der Waals surface area contributed by atoms with Gasteiger partial charge in [-0.25, -0.2) is 9.67 Å². The molecule has 0 fully saturated rings. The van der Waals surface area contributed by atoms with Crippen molar-refractivity contribution in [3.05, 3.63) is 46.3 Å². The Morgan fingerprint density at radius 1 is 1.23 bits per heavy atom. The lowest BCUT2D eigenvalue weighted by Gasteiger charge is -2.10. The van der Waals surface area contributed by atoms with E-state index in [0.717, 1.165) is 11.3 Å². The maximum atomic E-state index is 6.11. The molecule has 0 bridgehead atoms. The molecule has 2 heterocycles. The van der Waals surface area contributed by atoms with Gasteiger partial charge in [-0.3, -0.25) is 0 Å². The van der Waals surface area contributed by atoms with Gasteiger partial charge in [-0.2, -0.15) is 4.98 Å². The average molecular weight is 336 g/mol. The third-order valence-electron chi connectivity index (χ3n) is 3.03. The van der Waals surface area contributed by atoms with Crippen LogP contribution in [0, 0.1) is 6.92 Å². The van der Waals surface area contributed by atoms with Gasteiger partial charge in [-0.15, -0.1) is 5.10 Å². The van der Waals surface area contributed by atoms with Crippen LogP contribution >= 0.6 is 23.2 Å². The van der Waals surface area contributed by atoms with Crippen molar-refractivity contribution in [2.75, 3.05) is 7.11 Å². The van der Waals surface area contributed by atoms with Crippen molar-refractivity contribution in [3.8, 4) is 23.0 Å². The maximum absolute atomic E-state index is 6.11. The Kier molecular flexibility index (Phi) is 3.96. The molecule has 0 aliphatic carbocycles. The predicted octanol–water partition coefficient (Wildman–Crippen LogP) is 3.35. The van der Waals surface area contributed by atoms with Crippen LogP contribution < -0.4 is 4.74 Å². The predicted molar refractivity (Wildman–Crippen MR) is 83.7 cm³/mol. The van der Waals surface area contributed by atoms with Crippen molar-refractivity contribution in [2.24, 2.45) is 0 Å². The van der Waals surface area contributed by atoms with Crippen molar-refractivity contribution in [3.63, 3.8) is 0 Å². The molecule has 112 valence electrons. The number of ether oxygens (including phenoxy) is 1. The Bertz CT molecular complexity index is 834. The zero-order valence-electron chi connectivity index (χ0n) is 11.8. The number of benzene rings is 1. The van der Waals surface area contributed by atoms with E-state index in [2.05, 4.69) is 20.3 Å². The second-order valence-electron chi connectivity index (χ2n) is 4.53. The molecular weight excluding hydrogens is 325 g/mol. The van der Waals surface area contributed by atoms with Crippen LogP contribution in [0.5, 0.6) is 5.88 Å². The molecule has 0 amide bonds. The summed E-state index contributed by atoms with van der Waals surface area (Å²) in [6.45, 7) is 1.87. The summed E-state index contributed by atoms with van der Waals surface area (Å²) in [6.07, 6.45) is 3.29. The fraction of sp³-hybridized carbons (Fsp3) is 0.143. The zero-order chi connectivity index (χ0) is 15.7. The quantitative estimate of drug-likeness (QED) is 0.734.